The van der Waals surface area contributed by atoms with Crippen molar-refractivity contribution < 1.29 is 14.6 Å². The van der Waals surface area contributed by atoms with Crippen LogP contribution in [0.1, 0.15) is 45.4 Å². The molecule has 5 nitrogen and oxygen atoms in total. The maximum Gasteiger partial charge on any atom is 0.409 e. The van der Waals surface area contributed by atoms with Gasteiger partial charge in [-0.15, -0.1) is 0 Å². The van der Waals surface area contributed by atoms with Gasteiger partial charge in [-0.25, -0.2) is 4.79 Å². The normalized spacial score (nSPS) is 16.6. The van der Waals surface area contributed by atoms with E-state index in [0.29, 0.717) is 19.3 Å². The van der Waals surface area contributed by atoms with Gasteiger partial charge in [-0.2, -0.15) is 0 Å². The number of piperidine rings is 1. The second-order valence-corrected chi connectivity index (χ2v) is 5.05. The Bertz CT molecular complexity index is 241. The standard InChI is InChI=1S/C14H28N2O3/c1-2-19-14(18)16-10-7-13(8-11-16)15-9-5-3-4-6-12-17/h13,15,17H,2-12H2,1H3. The second kappa shape index (κ2) is 10.0. The minimum Gasteiger partial charge on any atom is -0.450 e. The van der Waals surface area contributed by atoms with Crippen molar-refractivity contribution in [2.75, 3.05) is 32.8 Å². The van der Waals surface area contributed by atoms with Crippen LogP contribution in [0.5, 0.6) is 0 Å². The third-order valence-electron chi connectivity index (χ3n) is 3.54. The molecule has 0 atom stereocenters. The summed E-state index contributed by atoms with van der Waals surface area (Å²) in [7, 11) is 0. The van der Waals surface area contributed by atoms with Crippen LogP contribution in [0.15, 0.2) is 0 Å². The third-order valence-corrected chi connectivity index (χ3v) is 3.54. The van der Waals surface area contributed by atoms with Crippen molar-refractivity contribution in [1.29, 1.82) is 0 Å². The van der Waals surface area contributed by atoms with Crippen LogP contribution < -0.4 is 5.32 Å². The molecule has 1 heterocycles. The van der Waals surface area contributed by atoms with Gasteiger partial charge in [-0.05, 0) is 39.2 Å². The fourth-order valence-electron chi connectivity index (χ4n) is 2.38. The Labute approximate surface area is 116 Å². The van der Waals surface area contributed by atoms with Gasteiger partial charge in [-0.3, -0.25) is 0 Å². The van der Waals surface area contributed by atoms with E-state index in [2.05, 4.69) is 5.32 Å². The van der Waals surface area contributed by atoms with Crippen LogP contribution in [0.4, 0.5) is 4.79 Å². The van der Waals surface area contributed by atoms with E-state index >= 15 is 0 Å². The molecular weight excluding hydrogens is 244 g/mol. The molecule has 0 saturated carbocycles. The molecule has 0 unspecified atom stereocenters. The van der Waals surface area contributed by atoms with Crippen LogP contribution in [0.25, 0.3) is 0 Å². The summed E-state index contributed by atoms with van der Waals surface area (Å²) in [4.78, 5) is 13.3. The number of aliphatic hydroxyl groups is 1. The van der Waals surface area contributed by atoms with Gasteiger partial charge < -0.3 is 20.1 Å². The van der Waals surface area contributed by atoms with Gasteiger partial charge >= 0.3 is 6.09 Å². The van der Waals surface area contributed by atoms with Crippen molar-refractivity contribution in [2.45, 2.75) is 51.5 Å². The quantitative estimate of drug-likeness (QED) is 0.661. The van der Waals surface area contributed by atoms with Gasteiger partial charge in [0.05, 0.1) is 6.61 Å². The summed E-state index contributed by atoms with van der Waals surface area (Å²) in [6, 6.07) is 0.531. The summed E-state index contributed by atoms with van der Waals surface area (Å²) in [5, 5.41) is 12.2. The number of hydrogen-bond acceptors (Lipinski definition) is 4. The largest absolute Gasteiger partial charge is 0.450 e. The SMILES string of the molecule is CCOC(=O)N1CCC(NCCCCCCO)CC1. The van der Waals surface area contributed by atoms with Crippen LogP contribution in [0, 0.1) is 0 Å². The van der Waals surface area contributed by atoms with E-state index in [1.165, 1.54) is 6.42 Å². The minimum atomic E-state index is -0.176. The lowest BCUT2D eigenvalue weighted by molar-refractivity contribution is 0.0951. The first-order chi connectivity index (χ1) is 9.27. The average Bonchev–Trinajstić information content (AvgIpc) is 2.43. The Hall–Kier alpha value is -0.810. The molecule has 0 aliphatic carbocycles. The van der Waals surface area contributed by atoms with Crippen molar-refractivity contribution in [1.82, 2.24) is 10.2 Å². The van der Waals surface area contributed by atoms with Crippen molar-refractivity contribution >= 4 is 6.09 Å². The zero-order valence-corrected chi connectivity index (χ0v) is 12.1. The number of aliphatic hydroxyl groups excluding tert-OH is 1. The molecule has 2 N–H and O–H groups in total. The topological polar surface area (TPSA) is 61.8 Å². The number of nitrogens with zero attached hydrogens (tertiary/aromatic N) is 1. The number of unbranched alkanes of at least 4 members (excludes halogenated alkanes) is 3. The minimum absolute atomic E-state index is 0.176. The molecule has 1 amide bonds. The average molecular weight is 272 g/mol. The van der Waals surface area contributed by atoms with E-state index in [4.69, 9.17) is 9.84 Å². The van der Waals surface area contributed by atoms with Gasteiger partial charge in [0.1, 0.15) is 0 Å². The Balaban J connectivity index is 2.02. The fraction of sp³-hybridized carbons (Fsp3) is 0.929. The molecule has 19 heavy (non-hydrogen) atoms. The Morgan fingerprint density at radius 2 is 1.95 bits per heavy atom. The Kier molecular flexibility index (Phi) is 8.58. The van der Waals surface area contributed by atoms with E-state index < -0.39 is 0 Å². The molecule has 0 aromatic rings. The molecule has 1 saturated heterocycles. The number of nitrogens with one attached hydrogen (secondary N) is 1. The molecular formula is C14H28N2O3. The summed E-state index contributed by atoms with van der Waals surface area (Å²) >= 11 is 0. The van der Waals surface area contributed by atoms with E-state index in [1.54, 1.807) is 4.90 Å². The van der Waals surface area contributed by atoms with Crippen molar-refractivity contribution in [3.8, 4) is 0 Å². The number of carbonyl (C=O) groups is 1. The number of hydrogen-bond donors (Lipinski definition) is 2. The van der Waals surface area contributed by atoms with Gasteiger partial charge in [0.15, 0.2) is 0 Å². The van der Waals surface area contributed by atoms with Crippen molar-refractivity contribution in [2.24, 2.45) is 0 Å². The molecule has 0 bridgehead atoms. The predicted octanol–water partition coefficient (Wildman–Crippen LogP) is 1.75. The molecule has 1 aliphatic rings. The highest BCUT2D eigenvalue weighted by Crippen LogP contribution is 2.11. The molecule has 0 aromatic carbocycles. The predicted molar refractivity (Wildman–Crippen MR) is 75.2 cm³/mol. The molecule has 0 spiro atoms. The third kappa shape index (κ3) is 6.78. The highest BCUT2D eigenvalue weighted by atomic mass is 16.6. The first-order valence-electron chi connectivity index (χ1n) is 7.54. The molecule has 112 valence electrons. The molecule has 5 heteroatoms. The number of likely N-dealkylation sites (tertiary alicyclic amines) is 1. The zero-order chi connectivity index (χ0) is 13.9. The lowest BCUT2D eigenvalue weighted by Crippen LogP contribution is -2.45. The first-order valence-corrected chi connectivity index (χ1v) is 7.54. The molecule has 1 aliphatic heterocycles. The van der Waals surface area contributed by atoms with Gasteiger partial charge in [0.2, 0.25) is 0 Å². The molecule has 0 aromatic heterocycles. The highest BCUT2D eigenvalue weighted by molar-refractivity contribution is 5.67. The monoisotopic (exact) mass is 272 g/mol. The van der Waals surface area contributed by atoms with Gasteiger partial charge in [0.25, 0.3) is 0 Å². The fourth-order valence-corrected chi connectivity index (χ4v) is 2.38. The lowest BCUT2D eigenvalue weighted by atomic mass is 10.1. The van der Waals surface area contributed by atoms with E-state index in [9.17, 15) is 4.79 Å². The summed E-state index contributed by atoms with van der Waals surface area (Å²) in [5.74, 6) is 0. The smallest absolute Gasteiger partial charge is 0.409 e. The summed E-state index contributed by atoms with van der Waals surface area (Å²) in [5.41, 5.74) is 0. The molecule has 1 rings (SSSR count). The molecule has 1 fully saturated rings. The number of ether oxygens (including phenoxy) is 1. The van der Waals surface area contributed by atoms with Crippen LogP contribution in [0.2, 0.25) is 0 Å². The van der Waals surface area contributed by atoms with Crippen LogP contribution >= 0.6 is 0 Å². The van der Waals surface area contributed by atoms with Crippen molar-refractivity contribution in [3.63, 3.8) is 0 Å². The summed E-state index contributed by atoms with van der Waals surface area (Å²) in [6.45, 7) is 5.21. The number of rotatable bonds is 8. The van der Waals surface area contributed by atoms with Gasteiger partial charge in [0, 0.05) is 25.7 Å². The zero-order valence-electron chi connectivity index (χ0n) is 12.1. The number of carbonyl (C=O) groups excluding carboxylic acids is 1. The maximum atomic E-state index is 11.5. The second-order valence-electron chi connectivity index (χ2n) is 5.05. The maximum absolute atomic E-state index is 11.5. The summed E-state index contributed by atoms with van der Waals surface area (Å²) < 4.78 is 5.00. The van der Waals surface area contributed by atoms with Crippen LogP contribution in [-0.4, -0.2) is 55.0 Å². The molecule has 0 radical (unpaired) electrons. The first kappa shape index (κ1) is 16.2. The van der Waals surface area contributed by atoms with E-state index in [0.717, 1.165) is 51.7 Å². The van der Waals surface area contributed by atoms with Crippen LogP contribution in [-0.2, 0) is 4.74 Å². The van der Waals surface area contributed by atoms with Gasteiger partial charge in [-0.1, -0.05) is 12.8 Å². The van der Waals surface area contributed by atoms with E-state index in [-0.39, 0.29) is 6.09 Å². The lowest BCUT2D eigenvalue weighted by Gasteiger charge is -2.31. The van der Waals surface area contributed by atoms with E-state index in [1.807, 2.05) is 6.92 Å². The Morgan fingerprint density at radius 1 is 1.26 bits per heavy atom. The number of amides is 1. The highest BCUT2D eigenvalue weighted by Gasteiger charge is 2.22. The Morgan fingerprint density at radius 3 is 2.58 bits per heavy atom. The van der Waals surface area contributed by atoms with Crippen LogP contribution in [0.3, 0.4) is 0 Å². The van der Waals surface area contributed by atoms with Crippen molar-refractivity contribution in [3.05, 3.63) is 0 Å². The summed E-state index contributed by atoms with van der Waals surface area (Å²) in [6.07, 6.45) is 6.21.